The second-order valence-electron chi connectivity index (χ2n) is 6.18. The van der Waals surface area contributed by atoms with E-state index in [2.05, 4.69) is 20.6 Å². The number of ether oxygens (including phenoxy) is 1. The molecule has 2 amide bonds. The number of aliphatic hydroxyl groups is 1. The van der Waals surface area contributed by atoms with E-state index < -0.39 is 12.1 Å². The molecule has 3 N–H and O–H groups in total. The van der Waals surface area contributed by atoms with Gasteiger partial charge in [0.1, 0.15) is 30.6 Å². The Morgan fingerprint density at radius 3 is 3.00 bits per heavy atom. The number of urea groups is 1. The first-order valence-corrected chi connectivity index (χ1v) is 8.59. The van der Waals surface area contributed by atoms with E-state index in [1.807, 2.05) is 24.3 Å². The smallest absolute Gasteiger partial charge is 0.315 e. The third-order valence-electron chi connectivity index (χ3n) is 4.41. The lowest BCUT2D eigenvalue weighted by Crippen LogP contribution is -2.49. The average molecular weight is 365 g/mol. The molecule has 1 aromatic carbocycles. The molecule has 0 bridgehead atoms. The molecule has 0 saturated carbocycles. The van der Waals surface area contributed by atoms with E-state index in [4.69, 9.17) is 4.74 Å². The van der Waals surface area contributed by atoms with Gasteiger partial charge >= 0.3 is 6.03 Å². The molecule has 8 nitrogen and oxygen atoms in total. The largest absolute Gasteiger partial charge is 0.491 e. The van der Waals surface area contributed by atoms with E-state index >= 15 is 0 Å². The molecular weight excluding hydrogens is 346 g/mol. The van der Waals surface area contributed by atoms with Gasteiger partial charge in [0.15, 0.2) is 0 Å². The lowest BCUT2D eigenvalue weighted by molar-refractivity contribution is 0.0774. The van der Waals surface area contributed by atoms with Gasteiger partial charge in [-0.1, -0.05) is 24.3 Å². The summed E-state index contributed by atoms with van der Waals surface area (Å²) in [5, 5.41) is 16.1. The molecule has 27 heavy (non-hydrogen) atoms. The molecule has 0 fully saturated rings. The SMILES string of the molecule is O=C(NCc1cccnc1-n1ccnc1)NC1COc2ccccc2C1O. The maximum atomic E-state index is 12.3. The number of hydrogen-bond donors (Lipinski definition) is 3. The van der Waals surface area contributed by atoms with E-state index in [1.54, 1.807) is 41.6 Å². The number of imidazole rings is 1. The van der Waals surface area contributed by atoms with Gasteiger partial charge in [0.05, 0.1) is 6.04 Å². The summed E-state index contributed by atoms with van der Waals surface area (Å²) in [4.78, 5) is 20.7. The number of nitrogens with zero attached hydrogens (tertiary/aromatic N) is 3. The molecule has 2 aromatic heterocycles. The minimum atomic E-state index is -0.819. The first-order chi connectivity index (χ1) is 13.2. The van der Waals surface area contributed by atoms with Crippen LogP contribution in [-0.4, -0.2) is 38.3 Å². The molecule has 3 heterocycles. The van der Waals surface area contributed by atoms with E-state index in [0.29, 0.717) is 17.1 Å². The zero-order chi connectivity index (χ0) is 18.6. The van der Waals surface area contributed by atoms with Crippen molar-refractivity contribution in [2.75, 3.05) is 6.61 Å². The van der Waals surface area contributed by atoms with Crippen LogP contribution >= 0.6 is 0 Å². The third kappa shape index (κ3) is 3.61. The highest BCUT2D eigenvalue weighted by molar-refractivity contribution is 5.74. The van der Waals surface area contributed by atoms with E-state index in [0.717, 1.165) is 5.56 Å². The quantitative estimate of drug-likeness (QED) is 0.651. The molecule has 4 rings (SSSR count). The van der Waals surface area contributed by atoms with Crippen molar-refractivity contribution in [1.29, 1.82) is 0 Å². The predicted molar refractivity (Wildman–Crippen MR) is 97.4 cm³/mol. The summed E-state index contributed by atoms with van der Waals surface area (Å²) in [6, 6.07) is 10.0. The molecule has 1 aliphatic heterocycles. The van der Waals surface area contributed by atoms with Crippen molar-refractivity contribution in [2.24, 2.45) is 0 Å². The van der Waals surface area contributed by atoms with Gasteiger partial charge in [0.25, 0.3) is 0 Å². The number of benzene rings is 1. The zero-order valence-electron chi connectivity index (χ0n) is 14.4. The Morgan fingerprint density at radius 2 is 2.15 bits per heavy atom. The van der Waals surface area contributed by atoms with Gasteiger partial charge in [0.2, 0.25) is 0 Å². The minimum Gasteiger partial charge on any atom is -0.491 e. The summed E-state index contributed by atoms with van der Waals surface area (Å²) in [6.45, 7) is 0.492. The van der Waals surface area contributed by atoms with Gasteiger partial charge in [-0.05, 0) is 12.1 Å². The Hall–Kier alpha value is -3.39. The first kappa shape index (κ1) is 17.0. The van der Waals surface area contributed by atoms with Crippen molar-refractivity contribution < 1.29 is 14.6 Å². The van der Waals surface area contributed by atoms with Crippen LogP contribution in [0, 0.1) is 0 Å². The molecule has 0 spiro atoms. The number of pyridine rings is 1. The summed E-state index contributed by atoms with van der Waals surface area (Å²) in [6.07, 6.45) is 5.98. The Labute approximate surface area is 155 Å². The monoisotopic (exact) mass is 365 g/mol. The van der Waals surface area contributed by atoms with E-state index in [-0.39, 0.29) is 19.2 Å². The van der Waals surface area contributed by atoms with Crippen molar-refractivity contribution in [3.63, 3.8) is 0 Å². The summed E-state index contributed by atoms with van der Waals surface area (Å²) in [5.74, 6) is 1.34. The van der Waals surface area contributed by atoms with E-state index in [1.165, 1.54) is 0 Å². The number of carbonyl (C=O) groups is 1. The maximum absolute atomic E-state index is 12.3. The number of rotatable bonds is 4. The van der Waals surface area contributed by atoms with Crippen LogP contribution in [0.3, 0.4) is 0 Å². The molecule has 8 heteroatoms. The molecule has 138 valence electrons. The topological polar surface area (TPSA) is 101 Å². The molecule has 0 radical (unpaired) electrons. The number of fused-ring (bicyclic) bond motifs is 1. The zero-order valence-corrected chi connectivity index (χ0v) is 14.4. The molecule has 3 aromatic rings. The number of aliphatic hydroxyl groups excluding tert-OH is 1. The summed E-state index contributed by atoms with van der Waals surface area (Å²) in [7, 11) is 0. The third-order valence-corrected chi connectivity index (χ3v) is 4.41. The predicted octanol–water partition coefficient (Wildman–Crippen LogP) is 1.56. The average Bonchev–Trinajstić information content (AvgIpc) is 3.24. The fraction of sp³-hybridized carbons (Fsp3) is 0.211. The Kier molecular flexibility index (Phi) is 4.71. The first-order valence-electron chi connectivity index (χ1n) is 8.59. The van der Waals surface area contributed by atoms with Crippen LogP contribution in [0.2, 0.25) is 0 Å². The Bertz CT molecular complexity index is 929. The minimum absolute atomic E-state index is 0.207. The summed E-state index contributed by atoms with van der Waals surface area (Å²) < 4.78 is 7.40. The lowest BCUT2D eigenvalue weighted by Gasteiger charge is -2.30. The lowest BCUT2D eigenvalue weighted by atomic mass is 9.99. The van der Waals surface area contributed by atoms with Gasteiger partial charge in [-0.2, -0.15) is 0 Å². The second kappa shape index (κ2) is 7.46. The van der Waals surface area contributed by atoms with Crippen molar-refractivity contribution in [1.82, 2.24) is 25.2 Å². The van der Waals surface area contributed by atoms with Crippen molar-refractivity contribution in [3.8, 4) is 11.6 Å². The fourth-order valence-electron chi connectivity index (χ4n) is 3.04. The number of carbonyl (C=O) groups excluding carboxylic acids is 1. The van der Waals surface area contributed by atoms with Crippen LogP contribution in [0.1, 0.15) is 17.2 Å². The van der Waals surface area contributed by atoms with Crippen LogP contribution in [0.5, 0.6) is 5.75 Å². The van der Waals surface area contributed by atoms with Gasteiger partial charge in [0, 0.05) is 36.3 Å². The second-order valence-corrected chi connectivity index (χ2v) is 6.18. The van der Waals surface area contributed by atoms with Gasteiger partial charge in [-0.25, -0.2) is 14.8 Å². The normalized spacial score (nSPS) is 18.3. The van der Waals surface area contributed by atoms with Crippen LogP contribution in [-0.2, 0) is 6.54 Å². The van der Waals surface area contributed by atoms with Gasteiger partial charge in [-0.15, -0.1) is 0 Å². The number of hydrogen-bond acceptors (Lipinski definition) is 5. The number of nitrogens with one attached hydrogen (secondary N) is 2. The van der Waals surface area contributed by atoms with Crippen molar-refractivity contribution >= 4 is 6.03 Å². The summed E-state index contributed by atoms with van der Waals surface area (Å²) >= 11 is 0. The van der Waals surface area contributed by atoms with Crippen LogP contribution in [0.25, 0.3) is 5.82 Å². The van der Waals surface area contributed by atoms with Crippen LogP contribution in [0.15, 0.2) is 61.3 Å². The molecule has 0 saturated heterocycles. The highest BCUT2D eigenvalue weighted by Crippen LogP contribution is 2.31. The highest BCUT2D eigenvalue weighted by atomic mass is 16.5. The van der Waals surface area contributed by atoms with Crippen LogP contribution in [0.4, 0.5) is 4.79 Å². The molecule has 2 unspecified atom stereocenters. The van der Waals surface area contributed by atoms with Crippen LogP contribution < -0.4 is 15.4 Å². The fourth-order valence-corrected chi connectivity index (χ4v) is 3.04. The standard InChI is InChI=1S/C19H19N5O3/c25-17-14-5-1-2-6-16(14)27-11-15(17)23-19(26)22-10-13-4-3-7-21-18(13)24-9-8-20-12-24/h1-9,12,15,17,25H,10-11H2,(H2,22,23,26). The summed E-state index contributed by atoms with van der Waals surface area (Å²) in [5.41, 5.74) is 1.51. The Morgan fingerprint density at radius 1 is 1.26 bits per heavy atom. The van der Waals surface area contributed by atoms with Gasteiger partial charge in [-0.3, -0.25) is 4.57 Å². The van der Waals surface area contributed by atoms with Crippen molar-refractivity contribution in [2.45, 2.75) is 18.7 Å². The molecule has 1 aliphatic rings. The maximum Gasteiger partial charge on any atom is 0.315 e. The number of aromatic nitrogens is 3. The van der Waals surface area contributed by atoms with E-state index in [9.17, 15) is 9.90 Å². The number of para-hydroxylation sites is 1. The highest BCUT2D eigenvalue weighted by Gasteiger charge is 2.30. The molecular formula is C19H19N5O3. The molecule has 2 atom stereocenters. The molecule has 0 aliphatic carbocycles. The van der Waals surface area contributed by atoms with Crippen molar-refractivity contribution in [3.05, 3.63) is 72.4 Å². The van der Waals surface area contributed by atoms with Gasteiger partial charge < -0.3 is 20.5 Å². The Balaban J connectivity index is 1.39. The number of amides is 2.